The van der Waals surface area contributed by atoms with E-state index in [4.69, 9.17) is 14.6 Å². The van der Waals surface area contributed by atoms with Crippen LogP contribution in [-0.2, 0) is 16.1 Å². The summed E-state index contributed by atoms with van der Waals surface area (Å²) in [5.74, 6) is 0. The highest BCUT2D eigenvalue weighted by molar-refractivity contribution is 5.13. The van der Waals surface area contributed by atoms with Crippen molar-refractivity contribution in [3.05, 3.63) is 35.9 Å². The molecule has 0 amide bonds. The summed E-state index contributed by atoms with van der Waals surface area (Å²) in [6.07, 6.45) is 3.02. The Morgan fingerprint density at radius 1 is 1.11 bits per heavy atom. The zero-order valence-electron chi connectivity index (χ0n) is 11.2. The van der Waals surface area contributed by atoms with Crippen molar-refractivity contribution in [2.75, 3.05) is 19.8 Å². The summed E-state index contributed by atoms with van der Waals surface area (Å²) in [5, 5.41) is 8.64. The van der Waals surface area contributed by atoms with Gasteiger partial charge in [-0.15, -0.1) is 0 Å². The molecule has 0 saturated heterocycles. The first-order chi connectivity index (χ1) is 8.83. The number of benzene rings is 1. The minimum atomic E-state index is 0.128. The average molecular weight is 252 g/mol. The van der Waals surface area contributed by atoms with Gasteiger partial charge in [0.1, 0.15) is 0 Å². The summed E-state index contributed by atoms with van der Waals surface area (Å²) in [6, 6.07) is 10.1. The standard InChI is InChI=1S/C15H24O3/c1-14(18-11-7-3-6-10-16)12-17-13-15-8-4-2-5-9-15/h2,4-5,8-9,14,16H,3,6-7,10-13H2,1H3. The van der Waals surface area contributed by atoms with E-state index in [0.29, 0.717) is 13.2 Å². The first-order valence-corrected chi connectivity index (χ1v) is 6.67. The topological polar surface area (TPSA) is 38.7 Å². The van der Waals surface area contributed by atoms with Crippen molar-refractivity contribution < 1.29 is 14.6 Å². The Kier molecular flexibility index (Phi) is 8.47. The molecule has 1 unspecified atom stereocenters. The number of unbranched alkanes of at least 4 members (excludes halogenated alkanes) is 2. The maximum atomic E-state index is 8.64. The van der Waals surface area contributed by atoms with E-state index in [-0.39, 0.29) is 12.7 Å². The molecule has 0 radical (unpaired) electrons. The highest BCUT2D eigenvalue weighted by Gasteiger charge is 2.02. The average Bonchev–Trinajstić information content (AvgIpc) is 2.40. The van der Waals surface area contributed by atoms with Crippen LogP contribution in [0.1, 0.15) is 31.7 Å². The molecule has 18 heavy (non-hydrogen) atoms. The SMILES string of the molecule is CC(COCc1ccccc1)OCCCCCO. The number of hydrogen-bond donors (Lipinski definition) is 1. The lowest BCUT2D eigenvalue weighted by atomic mass is 10.2. The van der Waals surface area contributed by atoms with Gasteiger partial charge in [0.15, 0.2) is 0 Å². The molecule has 0 aliphatic rings. The van der Waals surface area contributed by atoms with Gasteiger partial charge in [0, 0.05) is 13.2 Å². The van der Waals surface area contributed by atoms with Gasteiger partial charge in [-0.1, -0.05) is 30.3 Å². The lowest BCUT2D eigenvalue weighted by Crippen LogP contribution is -2.16. The number of hydrogen-bond acceptors (Lipinski definition) is 3. The highest BCUT2D eigenvalue weighted by Crippen LogP contribution is 2.03. The molecular formula is C15H24O3. The van der Waals surface area contributed by atoms with Gasteiger partial charge in [-0.25, -0.2) is 0 Å². The number of aliphatic hydroxyl groups excluding tert-OH is 1. The Bertz CT molecular complexity index is 287. The van der Waals surface area contributed by atoms with Crippen molar-refractivity contribution in [1.29, 1.82) is 0 Å². The summed E-state index contributed by atoms with van der Waals surface area (Å²) >= 11 is 0. The quantitative estimate of drug-likeness (QED) is 0.651. The van der Waals surface area contributed by atoms with Gasteiger partial charge in [-0.05, 0) is 31.7 Å². The monoisotopic (exact) mass is 252 g/mol. The Hall–Kier alpha value is -0.900. The fourth-order valence-corrected chi connectivity index (χ4v) is 1.64. The normalized spacial score (nSPS) is 12.6. The lowest BCUT2D eigenvalue weighted by molar-refractivity contribution is -0.0133. The molecule has 0 aliphatic carbocycles. The summed E-state index contributed by atoms with van der Waals surface area (Å²) in [5.41, 5.74) is 1.19. The van der Waals surface area contributed by atoms with Crippen molar-refractivity contribution in [1.82, 2.24) is 0 Å². The second kappa shape index (κ2) is 10.1. The van der Waals surface area contributed by atoms with E-state index in [1.54, 1.807) is 0 Å². The van der Waals surface area contributed by atoms with Gasteiger partial charge in [0.2, 0.25) is 0 Å². The Labute approximate surface area is 110 Å². The molecule has 1 aromatic rings. The van der Waals surface area contributed by atoms with Crippen molar-refractivity contribution in [2.45, 2.75) is 38.9 Å². The zero-order chi connectivity index (χ0) is 13.1. The zero-order valence-corrected chi connectivity index (χ0v) is 11.2. The van der Waals surface area contributed by atoms with Crippen molar-refractivity contribution >= 4 is 0 Å². The van der Waals surface area contributed by atoms with Crippen LogP contribution in [0.25, 0.3) is 0 Å². The third kappa shape index (κ3) is 7.43. The predicted octanol–water partition coefficient (Wildman–Crippen LogP) is 2.77. The maximum absolute atomic E-state index is 8.64. The summed E-state index contributed by atoms with van der Waals surface area (Å²) in [7, 11) is 0. The second-order valence-corrected chi connectivity index (χ2v) is 4.47. The predicted molar refractivity (Wildman–Crippen MR) is 72.4 cm³/mol. The Morgan fingerprint density at radius 2 is 1.89 bits per heavy atom. The summed E-state index contributed by atoms with van der Waals surface area (Å²) in [4.78, 5) is 0. The van der Waals surface area contributed by atoms with Gasteiger partial charge >= 0.3 is 0 Å². The Morgan fingerprint density at radius 3 is 2.61 bits per heavy atom. The fourth-order valence-electron chi connectivity index (χ4n) is 1.64. The molecule has 102 valence electrons. The van der Waals surface area contributed by atoms with Gasteiger partial charge in [0.25, 0.3) is 0 Å². The third-order valence-corrected chi connectivity index (χ3v) is 2.67. The fraction of sp³-hybridized carbons (Fsp3) is 0.600. The first-order valence-electron chi connectivity index (χ1n) is 6.67. The molecule has 0 aromatic heterocycles. The van der Waals surface area contributed by atoms with Gasteiger partial charge in [0.05, 0.1) is 19.3 Å². The molecular weight excluding hydrogens is 228 g/mol. The van der Waals surface area contributed by atoms with E-state index in [1.165, 1.54) is 5.56 Å². The van der Waals surface area contributed by atoms with E-state index < -0.39 is 0 Å². The van der Waals surface area contributed by atoms with Crippen LogP contribution in [0.15, 0.2) is 30.3 Å². The van der Waals surface area contributed by atoms with Crippen LogP contribution in [0.3, 0.4) is 0 Å². The van der Waals surface area contributed by atoms with E-state index in [9.17, 15) is 0 Å². The lowest BCUT2D eigenvalue weighted by Gasteiger charge is -2.13. The molecule has 3 heteroatoms. The van der Waals surface area contributed by atoms with Crippen LogP contribution >= 0.6 is 0 Å². The maximum Gasteiger partial charge on any atom is 0.0780 e. The van der Waals surface area contributed by atoms with Crippen molar-refractivity contribution in [3.8, 4) is 0 Å². The summed E-state index contributed by atoms with van der Waals surface area (Å²) < 4.78 is 11.2. The van der Waals surface area contributed by atoms with Crippen LogP contribution in [0, 0.1) is 0 Å². The van der Waals surface area contributed by atoms with Crippen LogP contribution in [-0.4, -0.2) is 31.0 Å². The van der Waals surface area contributed by atoms with Crippen LogP contribution in [0.2, 0.25) is 0 Å². The van der Waals surface area contributed by atoms with Crippen molar-refractivity contribution in [2.24, 2.45) is 0 Å². The molecule has 0 fully saturated rings. The second-order valence-electron chi connectivity index (χ2n) is 4.47. The minimum Gasteiger partial charge on any atom is -0.396 e. The van der Waals surface area contributed by atoms with Crippen LogP contribution < -0.4 is 0 Å². The third-order valence-electron chi connectivity index (χ3n) is 2.67. The van der Waals surface area contributed by atoms with E-state index in [0.717, 1.165) is 25.9 Å². The molecule has 0 aliphatic heterocycles. The molecule has 1 aromatic carbocycles. The van der Waals surface area contributed by atoms with Gasteiger partial charge < -0.3 is 14.6 Å². The molecule has 3 nitrogen and oxygen atoms in total. The van der Waals surface area contributed by atoms with E-state index >= 15 is 0 Å². The van der Waals surface area contributed by atoms with E-state index in [1.807, 2.05) is 25.1 Å². The largest absolute Gasteiger partial charge is 0.396 e. The number of rotatable bonds is 10. The van der Waals surface area contributed by atoms with Crippen LogP contribution in [0.5, 0.6) is 0 Å². The molecule has 0 saturated carbocycles. The smallest absolute Gasteiger partial charge is 0.0780 e. The van der Waals surface area contributed by atoms with Crippen molar-refractivity contribution in [3.63, 3.8) is 0 Å². The number of ether oxygens (including phenoxy) is 2. The van der Waals surface area contributed by atoms with E-state index in [2.05, 4.69) is 12.1 Å². The molecule has 0 heterocycles. The molecule has 0 bridgehead atoms. The van der Waals surface area contributed by atoms with Gasteiger partial charge in [-0.2, -0.15) is 0 Å². The van der Waals surface area contributed by atoms with Gasteiger partial charge in [-0.3, -0.25) is 0 Å². The van der Waals surface area contributed by atoms with Crippen LogP contribution in [0.4, 0.5) is 0 Å². The molecule has 1 N–H and O–H groups in total. The number of aliphatic hydroxyl groups is 1. The Balaban J connectivity index is 1.98. The molecule has 1 rings (SSSR count). The molecule has 1 atom stereocenters. The highest BCUT2D eigenvalue weighted by atomic mass is 16.5. The molecule has 0 spiro atoms. The summed E-state index contributed by atoms with van der Waals surface area (Å²) in [6.45, 7) is 4.30. The minimum absolute atomic E-state index is 0.128. The first kappa shape index (κ1) is 15.2.